The van der Waals surface area contributed by atoms with Gasteiger partial charge in [0, 0.05) is 21.4 Å². The third kappa shape index (κ3) is 4.03. The standard InChI is InChI=1S/C14H12F2IN3O/c15-10-1-2-13(12(17)6-10)19-7-8-3-9(14(18)20-21)5-11(16)4-8/h1-6,19,21H,7H2,(H2,18,20). The lowest BCUT2D eigenvalue weighted by atomic mass is 10.1. The first-order valence-corrected chi connectivity index (χ1v) is 7.04. The highest BCUT2D eigenvalue weighted by Crippen LogP contribution is 2.20. The Balaban J connectivity index is 2.18. The van der Waals surface area contributed by atoms with Crippen molar-refractivity contribution in [3.05, 3.63) is 62.7 Å². The molecule has 0 fully saturated rings. The molecule has 0 unspecified atom stereocenters. The number of nitrogens with zero attached hydrogens (tertiary/aromatic N) is 1. The molecule has 110 valence electrons. The molecular weight excluding hydrogens is 391 g/mol. The number of anilines is 1. The predicted octanol–water partition coefficient (Wildman–Crippen LogP) is 3.28. The van der Waals surface area contributed by atoms with Crippen LogP contribution in [0.3, 0.4) is 0 Å². The molecule has 0 aliphatic carbocycles. The number of amidine groups is 1. The maximum absolute atomic E-state index is 13.5. The summed E-state index contributed by atoms with van der Waals surface area (Å²) < 4.78 is 27.2. The molecule has 0 bridgehead atoms. The summed E-state index contributed by atoms with van der Waals surface area (Å²) >= 11 is 2.01. The molecule has 0 aliphatic rings. The Bertz CT molecular complexity index is 692. The van der Waals surface area contributed by atoms with Crippen LogP contribution in [0.1, 0.15) is 11.1 Å². The van der Waals surface area contributed by atoms with Gasteiger partial charge in [0.25, 0.3) is 0 Å². The van der Waals surface area contributed by atoms with Crippen molar-refractivity contribution in [2.75, 3.05) is 5.32 Å². The zero-order valence-corrected chi connectivity index (χ0v) is 12.9. The van der Waals surface area contributed by atoms with Crippen molar-refractivity contribution in [1.29, 1.82) is 0 Å². The van der Waals surface area contributed by atoms with Crippen LogP contribution in [0.2, 0.25) is 0 Å². The van der Waals surface area contributed by atoms with E-state index in [0.29, 0.717) is 17.7 Å². The monoisotopic (exact) mass is 403 g/mol. The normalized spacial score (nSPS) is 11.5. The number of oxime groups is 1. The van der Waals surface area contributed by atoms with E-state index in [-0.39, 0.29) is 11.7 Å². The van der Waals surface area contributed by atoms with Gasteiger partial charge in [-0.2, -0.15) is 0 Å². The van der Waals surface area contributed by atoms with Crippen molar-refractivity contribution in [3.63, 3.8) is 0 Å². The number of nitrogens with one attached hydrogen (secondary N) is 1. The Morgan fingerprint density at radius 2 is 1.95 bits per heavy atom. The second kappa shape index (κ2) is 6.70. The molecule has 0 saturated carbocycles. The van der Waals surface area contributed by atoms with Gasteiger partial charge >= 0.3 is 0 Å². The van der Waals surface area contributed by atoms with Gasteiger partial charge in [0.15, 0.2) is 5.84 Å². The number of nitrogens with two attached hydrogens (primary N) is 1. The molecule has 0 aliphatic heterocycles. The summed E-state index contributed by atoms with van der Waals surface area (Å²) in [7, 11) is 0. The Morgan fingerprint density at radius 3 is 2.62 bits per heavy atom. The number of benzene rings is 2. The summed E-state index contributed by atoms with van der Waals surface area (Å²) in [5.74, 6) is -0.957. The van der Waals surface area contributed by atoms with Gasteiger partial charge in [0.05, 0.1) is 0 Å². The van der Waals surface area contributed by atoms with Crippen LogP contribution < -0.4 is 11.1 Å². The van der Waals surface area contributed by atoms with Gasteiger partial charge in [0.1, 0.15) is 11.6 Å². The summed E-state index contributed by atoms with van der Waals surface area (Å²) in [4.78, 5) is 0. The van der Waals surface area contributed by atoms with E-state index in [4.69, 9.17) is 10.9 Å². The number of hydrogen-bond donors (Lipinski definition) is 3. The van der Waals surface area contributed by atoms with Crippen molar-refractivity contribution in [2.45, 2.75) is 6.54 Å². The average molecular weight is 403 g/mol. The molecule has 2 rings (SSSR count). The van der Waals surface area contributed by atoms with Gasteiger partial charge in [-0.05, 0) is 64.6 Å². The van der Waals surface area contributed by atoms with Crippen LogP contribution in [0.25, 0.3) is 0 Å². The second-order valence-corrected chi connectivity index (χ2v) is 5.47. The first-order valence-electron chi connectivity index (χ1n) is 5.96. The van der Waals surface area contributed by atoms with Gasteiger partial charge in [0.2, 0.25) is 0 Å². The Labute approximate surface area is 133 Å². The van der Waals surface area contributed by atoms with Crippen LogP contribution in [0.4, 0.5) is 14.5 Å². The van der Waals surface area contributed by atoms with Gasteiger partial charge in [-0.1, -0.05) is 5.16 Å². The molecule has 0 atom stereocenters. The largest absolute Gasteiger partial charge is 0.409 e. The topological polar surface area (TPSA) is 70.6 Å². The lowest BCUT2D eigenvalue weighted by molar-refractivity contribution is 0.318. The number of halogens is 3. The molecule has 4 nitrogen and oxygen atoms in total. The SMILES string of the molecule is N/C(=N/O)c1cc(F)cc(CNc2ccc(F)cc2I)c1. The molecule has 0 spiro atoms. The van der Waals surface area contributed by atoms with E-state index in [0.717, 1.165) is 9.26 Å². The molecule has 0 saturated heterocycles. The first-order chi connectivity index (χ1) is 9.99. The first kappa shape index (κ1) is 15.5. The summed E-state index contributed by atoms with van der Waals surface area (Å²) in [6.45, 7) is 0.325. The second-order valence-electron chi connectivity index (χ2n) is 4.31. The van der Waals surface area contributed by atoms with E-state index in [9.17, 15) is 8.78 Å². The van der Waals surface area contributed by atoms with Gasteiger partial charge in [-0.15, -0.1) is 0 Å². The summed E-state index contributed by atoms with van der Waals surface area (Å²) in [6, 6.07) is 8.49. The Kier molecular flexibility index (Phi) is 4.94. The van der Waals surface area contributed by atoms with E-state index < -0.39 is 5.82 Å². The van der Waals surface area contributed by atoms with Crippen molar-refractivity contribution in [1.82, 2.24) is 0 Å². The minimum atomic E-state index is -0.482. The molecule has 2 aromatic carbocycles. The molecule has 0 amide bonds. The average Bonchev–Trinajstić information content (AvgIpc) is 2.45. The summed E-state index contributed by atoms with van der Waals surface area (Å²) in [5.41, 5.74) is 7.11. The van der Waals surface area contributed by atoms with E-state index >= 15 is 0 Å². The highest BCUT2D eigenvalue weighted by molar-refractivity contribution is 14.1. The van der Waals surface area contributed by atoms with Gasteiger partial charge in [-0.3, -0.25) is 0 Å². The van der Waals surface area contributed by atoms with E-state index in [1.165, 1.54) is 24.3 Å². The smallest absolute Gasteiger partial charge is 0.170 e. The molecule has 7 heteroatoms. The van der Waals surface area contributed by atoms with Crippen LogP contribution in [0.15, 0.2) is 41.6 Å². The number of rotatable bonds is 4. The lowest BCUT2D eigenvalue weighted by Gasteiger charge is -2.10. The van der Waals surface area contributed by atoms with Crippen molar-refractivity contribution in [3.8, 4) is 0 Å². The summed E-state index contributed by atoms with van der Waals surface area (Å²) in [5, 5.41) is 14.6. The zero-order valence-electron chi connectivity index (χ0n) is 10.8. The molecule has 21 heavy (non-hydrogen) atoms. The van der Waals surface area contributed by atoms with Gasteiger partial charge in [-0.25, -0.2) is 8.78 Å². The van der Waals surface area contributed by atoms with E-state index in [2.05, 4.69) is 10.5 Å². The predicted molar refractivity (Wildman–Crippen MR) is 85.4 cm³/mol. The minimum absolute atomic E-state index is 0.160. The van der Waals surface area contributed by atoms with Crippen molar-refractivity contribution >= 4 is 34.1 Å². The fourth-order valence-corrected chi connectivity index (χ4v) is 2.46. The maximum Gasteiger partial charge on any atom is 0.170 e. The zero-order chi connectivity index (χ0) is 15.4. The van der Waals surface area contributed by atoms with E-state index in [1.54, 1.807) is 12.1 Å². The van der Waals surface area contributed by atoms with Crippen LogP contribution >= 0.6 is 22.6 Å². The van der Waals surface area contributed by atoms with Crippen LogP contribution in [-0.4, -0.2) is 11.0 Å². The molecular formula is C14H12F2IN3O. The fourth-order valence-electron chi connectivity index (χ4n) is 1.79. The quantitative estimate of drug-likeness (QED) is 0.241. The van der Waals surface area contributed by atoms with Crippen molar-refractivity contribution < 1.29 is 14.0 Å². The molecule has 0 aromatic heterocycles. The summed E-state index contributed by atoms with van der Waals surface area (Å²) in [6.07, 6.45) is 0. The fraction of sp³-hybridized carbons (Fsp3) is 0.0714. The highest BCUT2D eigenvalue weighted by Gasteiger charge is 2.06. The minimum Gasteiger partial charge on any atom is -0.409 e. The van der Waals surface area contributed by atoms with Crippen LogP contribution in [-0.2, 0) is 6.54 Å². The van der Waals surface area contributed by atoms with Crippen LogP contribution in [0.5, 0.6) is 0 Å². The molecule has 4 N–H and O–H groups in total. The van der Waals surface area contributed by atoms with E-state index in [1.807, 2.05) is 22.6 Å². The lowest BCUT2D eigenvalue weighted by Crippen LogP contribution is -2.14. The Hall–Kier alpha value is -1.90. The third-order valence-electron chi connectivity index (χ3n) is 2.78. The van der Waals surface area contributed by atoms with Crippen LogP contribution in [0, 0.1) is 15.2 Å². The van der Waals surface area contributed by atoms with Crippen molar-refractivity contribution in [2.24, 2.45) is 10.9 Å². The highest BCUT2D eigenvalue weighted by atomic mass is 127. The molecule has 0 heterocycles. The van der Waals surface area contributed by atoms with Gasteiger partial charge < -0.3 is 16.3 Å². The number of hydrogen-bond acceptors (Lipinski definition) is 3. The maximum atomic E-state index is 13.5. The molecule has 0 radical (unpaired) electrons. The third-order valence-corrected chi connectivity index (χ3v) is 3.67. The molecule has 2 aromatic rings. The Morgan fingerprint density at radius 1 is 1.19 bits per heavy atom.